The van der Waals surface area contributed by atoms with Gasteiger partial charge in [-0.05, 0) is 47.7 Å². The number of rotatable bonds is 4. The van der Waals surface area contributed by atoms with Crippen molar-refractivity contribution in [1.29, 1.82) is 0 Å². The van der Waals surface area contributed by atoms with Gasteiger partial charge in [-0.3, -0.25) is 0 Å². The van der Waals surface area contributed by atoms with Gasteiger partial charge < -0.3 is 10.6 Å². The molecule has 0 aromatic rings. The molecule has 68 valence electrons. The Bertz CT molecular complexity index is 103. The van der Waals surface area contributed by atoms with E-state index < -0.39 is 0 Å². The van der Waals surface area contributed by atoms with E-state index in [0.717, 1.165) is 13.0 Å². The fourth-order valence-corrected chi connectivity index (χ4v) is 0.723. The molecule has 0 fully saturated rings. The number of nitrogens with zero attached hydrogens (tertiary/aromatic N) is 1. The summed E-state index contributed by atoms with van der Waals surface area (Å²) in [5.41, 5.74) is 5.83. The zero-order chi connectivity index (χ0) is 9.07. The predicted molar refractivity (Wildman–Crippen MR) is 50.6 cm³/mol. The van der Waals surface area contributed by atoms with Crippen LogP contribution >= 0.6 is 0 Å². The fourth-order valence-electron chi connectivity index (χ4n) is 0.723. The summed E-state index contributed by atoms with van der Waals surface area (Å²) in [6.45, 7) is 9.62. The predicted octanol–water partition coefficient (Wildman–Crippen LogP) is 1.45. The summed E-state index contributed by atoms with van der Waals surface area (Å²) in [6.07, 6.45) is 1.06. The van der Waals surface area contributed by atoms with E-state index in [0.29, 0.717) is 6.04 Å². The third-order valence-corrected chi connectivity index (χ3v) is 1.99. The van der Waals surface area contributed by atoms with Gasteiger partial charge in [-0.15, -0.1) is 0 Å². The first-order valence-electron chi connectivity index (χ1n) is 4.32. The van der Waals surface area contributed by atoms with Crippen LogP contribution in [-0.4, -0.2) is 30.1 Å². The molecule has 11 heavy (non-hydrogen) atoms. The summed E-state index contributed by atoms with van der Waals surface area (Å²) < 4.78 is 0. The van der Waals surface area contributed by atoms with E-state index in [1.165, 1.54) is 0 Å². The molecular weight excluding hydrogens is 136 g/mol. The molecule has 0 unspecified atom stereocenters. The highest BCUT2D eigenvalue weighted by Crippen LogP contribution is 2.05. The average Bonchev–Trinajstić information content (AvgIpc) is 1.80. The fraction of sp³-hybridized carbons (Fsp3) is 1.00. The van der Waals surface area contributed by atoms with E-state index in [2.05, 4.69) is 39.6 Å². The van der Waals surface area contributed by atoms with Crippen molar-refractivity contribution in [3.05, 3.63) is 0 Å². The molecule has 2 heteroatoms. The SMILES string of the molecule is CC(C)N(C)CCC(C)(C)N. The van der Waals surface area contributed by atoms with Crippen LogP contribution in [0.5, 0.6) is 0 Å². The van der Waals surface area contributed by atoms with Crippen LogP contribution in [0.15, 0.2) is 0 Å². The minimum Gasteiger partial charge on any atom is -0.326 e. The van der Waals surface area contributed by atoms with Crippen LogP contribution in [0, 0.1) is 0 Å². The Hall–Kier alpha value is -0.0800. The average molecular weight is 158 g/mol. The molecule has 0 spiro atoms. The van der Waals surface area contributed by atoms with Crippen molar-refractivity contribution >= 4 is 0 Å². The Kier molecular flexibility index (Phi) is 4.04. The highest BCUT2D eigenvalue weighted by atomic mass is 15.1. The van der Waals surface area contributed by atoms with E-state index in [4.69, 9.17) is 5.73 Å². The number of hydrogen-bond acceptors (Lipinski definition) is 2. The highest BCUT2D eigenvalue weighted by Gasteiger charge is 2.12. The topological polar surface area (TPSA) is 29.3 Å². The summed E-state index contributed by atoms with van der Waals surface area (Å²) in [5.74, 6) is 0. The van der Waals surface area contributed by atoms with Gasteiger partial charge in [-0.2, -0.15) is 0 Å². The first kappa shape index (κ1) is 10.9. The van der Waals surface area contributed by atoms with Crippen molar-refractivity contribution in [2.45, 2.75) is 45.7 Å². The van der Waals surface area contributed by atoms with Gasteiger partial charge >= 0.3 is 0 Å². The Balaban J connectivity index is 3.54. The minimum atomic E-state index is -0.0247. The third kappa shape index (κ3) is 6.32. The van der Waals surface area contributed by atoms with Gasteiger partial charge in [0.1, 0.15) is 0 Å². The van der Waals surface area contributed by atoms with Crippen molar-refractivity contribution in [3.8, 4) is 0 Å². The molecule has 0 bridgehead atoms. The second-order valence-electron chi connectivity index (χ2n) is 4.31. The molecule has 0 heterocycles. The van der Waals surface area contributed by atoms with Gasteiger partial charge in [0.2, 0.25) is 0 Å². The van der Waals surface area contributed by atoms with Crippen LogP contribution in [0.1, 0.15) is 34.1 Å². The maximum atomic E-state index is 5.86. The van der Waals surface area contributed by atoms with Crippen molar-refractivity contribution in [2.75, 3.05) is 13.6 Å². The molecule has 0 saturated carbocycles. The van der Waals surface area contributed by atoms with Gasteiger partial charge in [-0.25, -0.2) is 0 Å². The molecule has 0 aliphatic heterocycles. The molecule has 0 rings (SSSR count). The minimum absolute atomic E-state index is 0.0247. The van der Waals surface area contributed by atoms with Gasteiger partial charge in [0, 0.05) is 11.6 Å². The molecule has 0 aliphatic carbocycles. The standard InChI is InChI=1S/C9H22N2/c1-8(2)11(5)7-6-9(3,4)10/h8H,6-7,10H2,1-5H3. The van der Waals surface area contributed by atoms with Crippen molar-refractivity contribution in [2.24, 2.45) is 5.73 Å². The van der Waals surface area contributed by atoms with E-state index in [-0.39, 0.29) is 5.54 Å². The molecule has 0 aromatic carbocycles. The summed E-state index contributed by atoms with van der Waals surface area (Å²) >= 11 is 0. The Morgan fingerprint density at radius 3 is 2.09 bits per heavy atom. The first-order valence-corrected chi connectivity index (χ1v) is 4.32. The molecular formula is C9H22N2. The lowest BCUT2D eigenvalue weighted by molar-refractivity contribution is 0.248. The van der Waals surface area contributed by atoms with Gasteiger partial charge in [0.05, 0.1) is 0 Å². The Morgan fingerprint density at radius 2 is 1.82 bits per heavy atom. The van der Waals surface area contributed by atoms with Crippen LogP contribution < -0.4 is 5.73 Å². The van der Waals surface area contributed by atoms with E-state index >= 15 is 0 Å². The lowest BCUT2D eigenvalue weighted by Gasteiger charge is -2.25. The molecule has 0 amide bonds. The number of nitrogens with two attached hydrogens (primary N) is 1. The van der Waals surface area contributed by atoms with Gasteiger partial charge in [0.15, 0.2) is 0 Å². The van der Waals surface area contributed by atoms with E-state index in [1.807, 2.05) is 0 Å². The monoisotopic (exact) mass is 158 g/mol. The summed E-state index contributed by atoms with van der Waals surface area (Å²) in [4.78, 5) is 2.31. The van der Waals surface area contributed by atoms with Crippen LogP contribution in [0.4, 0.5) is 0 Å². The molecule has 0 aromatic heterocycles. The van der Waals surface area contributed by atoms with E-state index in [9.17, 15) is 0 Å². The smallest absolute Gasteiger partial charge is 0.0109 e. The van der Waals surface area contributed by atoms with Crippen molar-refractivity contribution in [1.82, 2.24) is 4.90 Å². The molecule has 0 radical (unpaired) electrons. The maximum Gasteiger partial charge on any atom is 0.0109 e. The second-order valence-corrected chi connectivity index (χ2v) is 4.31. The van der Waals surface area contributed by atoms with Gasteiger partial charge in [-0.1, -0.05) is 0 Å². The lowest BCUT2D eigenvalue weighted by atomic mass is 10.0. The molecule has 2 nitrogen and oxygen atoms in total. The summed E-state index contributed by atoms with van der Waals surface area (Å²) in [7, 11) is 2.14. The normalized spacial score (nSPS) is 13.1. The van der Waals surface area contributed by atoms with Crippen LogP contribution in [0.3, 0.4) is 0 Å². The Morgan fingerprint density at radius 1 is 1.36 bits per heavy atom. The summed E-state index contributed by atoms with van der Waals surface area (Å²) in [6, 6.07) is 0.623. The zero-order valence-electron chi connectivity index (χ0n) is 8.52. The zero-order valence-corrected chi connectivity index (χ0v) is 8.52. The van der Waals surface area contributed by atoms with Crippen molar-refractivity contribution in [3.63, 3.8) is 0 Å². The second kappa shape index (κ2) is 4.07. The third-order valence-electron chi connectivity index (χ3n) is 1.99. The van der Waals surface area contributed by atoms with Crippen LogP contribution in [-0.2, 0) is 0 Å². The Labute approximate surface area is 70.8 Å². The first-order chi connectivity index (χ1) is 4.83. The molecule has 0 aliphatic rings. The van der Waals surface area contributed by atoms with E-state index in [1.54, 1.807) is 0 Å². The lowest BCUT2D eigenvalue weighted by Crippen LogP contribution is -2.38. The van der Waals surface area contributed by atoms with Crippen LogP contribution in [0.2, 0.25) is 0 Å². The van der Waals surface area contributed by atoms with Crippen LogP contribution in [0.25, 0.3) is 0 Å². The maximum absolute atomic E-state index is 5.86. The van der Waals surface area contributed by atoms with Gasteiger partial charge in [0.25, 0.3) is 0 Å². The highest BCUT2D eigenvalue weighted by molar-refractivity contribution is 4.73. The number of hydrogen-bond donors (Lipinski definition) is 1. The molecule has 0 saturated heterocycles. The summed E-state index contributed by atoms with van der Waals surface area (Å²) in [5, 5.41) is 0. The quantitative estimate of drug-likeness (QED) is 0.671. The van der Waals surface area contributed by atoms with Crippen molar-refractivity contribution < 1.29 is 0 Å². The molecule has 2 N–H and O–H groups in total. The molecule has 0 atom stereocenters. The largest absolute Gasteiger partial charge is 0.326 e.